The first-order chi connectivity index (χ1) is 16.2. The molecule has 2 aliphatic rings. The Hall–Kier alpha value is -3.23. The van der Waals surface area contributed by atoms with Gasteiger partial charge in [0.2, 0.25) is 0 Å². The Morgan fingerprint density at radius 2 is 1.79 bits per heavy atom. The highest BCUT2D eigenvalue weighted by Crippen LogP contribution is 2.53. The molecular formula is C26H26BrN3O4. The molecule has 2 amide bonds. The summed E-state index contributed by atoms with van der Waals surface area (Å²) < 4.78 is 0.794. The fourth-order valence-electron chi connectivity index (χ4n) is 4.77. The number of hydrogen-bond acceptors (Lipinski definition) is 5. The number of halogens is 1. The summed E-state index contributed by atoms with van der Waals surface area (Å²) in [5.74, 6) is -2.48. The molecule has 2 aromatic carbocycles. The van der Waals surface area contributed by atoms with Crippen molar-refractivity contribution in [1.29, 1.82) is 0 Å². The molecule has 0 aliphatic carbocycles. The first kappa shape index (κ1) is 23.9. The molecule has 7 nitrogen and oxygen atoms in total. The minimum atomic E-state index is -1.74. The van der Waals surface area contributed by atoms with Gasteiger partial charge in [-0.05, 0) is 45.3 Å². The van der Waals surface area contributed by atoms with Gasteiger partial charge in [0.1, 0.15) is 5.76 Å². The smallest absolute Gasteiger partial charge is 0.296 e. The zero-order chi connectivity index (χ0) is 24.6. The quantitative estimate of drug-likeness (QED) is 0.260. The summed E-state index contributed by atoms with van der Waals surface area (Å²) in [7, 11) is 3.83. The van der Waals surface area contributed by atoms with Crippen LogP contribution in [-0.2, 0) is 19.9 Å². The number of fused-ring (bicyclic) bond motifs is 2. The minimum absolute atomic E-state index is 0.182. The highest BCUT2D eigenvalue weighted by molar-refractivity contribution is 9.10. The summed E-state index contributed by atoms with van der Waals surface area (Å²) in [6.07, 6.45) is 2.15. The van der Waals surface area contributed by atoms with Crippen molar-refractivity contribution in [3.63, 3.8) is 0 Å². The number of hydrogen-bond donors (Lipinski definition) is 1. The third-order valence-electron chi connectivity index (χ3n) is 6.23. The van der Waals surface area contributed by atoms with Crippen molar-refractivity contribution in [2.75, 3.05) is 38.6 Å². The normalized spacial score (nSPS) is 21.1. The maximum atomic E-state index is 14.1. The van der Waals surface area contributed by atoms with Crippen LogP contribution >= 0.6 is 15.9 Å². The lowest BCUT2D eigenvalue weighted by atomic mass is 9.82. The van der Waals surface area contributed by atoms with E-state index in [0.717, 1.165) is 4.47 Å². The topological polar surface area (TPSA) is 81.2 Å². The molecule has 176 valence electrons. The van der Waals surface area contributed by atoms with Gasteiger partial charge in [0.25, 0.3) is 17.6 Å². The van der Waals surface area contributed by atoms with Gasteiger partial charge < -0.3 is 19.8 Å². The summed E-state index contributed by atoms with van der Waals surface area (Å²) in [5.41, 5.74) is -0.495. The fraction of sp³-hybridized carbons (Fsp3) is 0.269. The number of anilines is 1. The van der Waals surface area contributed by atoms with E-state index in [2.05, 4.69) is 22.5 Å². The summed E-state index contributed by atoms with van der Waals surface area (Å²) in [5, 5.41) is 11.4. The van der Waals surface area contributed by atoms with Crippen LogP contribution in [0.3, 0.4) is 0 Å². The standard InChI is InChI=1S/C26H26BrN3O4/c1-4-14-29-20-9-6-5-8-19(20)26(25(29)34)21(22(31)17-10-12-18(27)13-11-17)23(32)24(33)30(26)16-7-15-28(2)3/h4-6,8-13,31H,1,7,14-16H2,2-3H3/t26-/m0/s1. The number of para-hydroxylation sites is 1. The second-order valence-corrected chi connectivity index (χ2v) is 9.52. The van der Waals surface area contributed by atoms with Crippen LogP contribution in [0.4, 0.5) is 5.69 Å². The van der Waals surface area contributed by atoms with Crippen molar-refractivity contribution in [2.24, 2.45) is 0 Å². The van der Waals surface area contributed by atoms with Crippen molar-refractivity contribution >= 4 is 45.0 Å². The van der Waals surface area contributed by atoms with Gasteiger partial charge >= 0.3 is 0 Å². The van der Waals surface area contributed by atoms with Crippen LogP contribution < -0.4 is 4.90 Å². The Labute approximate surface area is 207 Å². The van der Waals surface area contributed by atoms with E-state index in [1.54, 1.807) is 54.6 Å². The van der Waals surface area contributed by atoms with Crippen LogP contribution in [-0.4, -0.2) is 66.2 Å². The van der Waals surface area contributed by atoms with Gasteiger partial charge in [0.05, 0.1) is 11.3 Å². The predicted molar refractivity (Wildman–Crippen MR) is 134 cm³/mol. The van der Waals surface area contributed by atoms with Crippen LogP contribution in [0.5, 0.6) is 0 Å². The van der Waals surface area contributed by atoms with E-state index in [4.69, 9.17) is 0 Å². The highest BCUT2D eigenvalue weighted by Gasteiger charge is 2.66. The molecule has 1 fully saturated rings. The summed E-state index contributed by atoms with van der Waals surface area (Å²) in [4.78, 5) is 45.8. The molecule has 0 aromatic heterocycles. The van der Waals surface area contributed by atoms with Crippen molar-refractivity contribution < 1.29 is 19.5 Å². The minimum Gasteiger partial charge on any atom is -0.507 e. The van der Waals surface area contributed by atoms with E-state index in [0.29, 0.717) is 29.8 Å². The number of likely N-dealkylation sites (tertiary alicyclic amines) is 1. The number of benzene rings is 2. The van der Waals surface area contributed by atoms with E-state index in [9.17, 15) is 19.5 Å². The molecule has 1 saturated heterocycles. The molecule has 1 spiro atoms. The molecule has 0 bridgehead atoms. The van der Waals surface area contributed by atoms with Gasteiger partial charge in [-0.25, -0.2) is 0 Å². The Morgan fingerprint density at radius 3 is 2.44 bits per heavy atom. The number of Topliss-reactive ketones (excluding diaryl/α,β-unsaturated/α-hetero) is 1. The van der Waals surface area contributed by atoms with Gasteiger partial charge in [-0.2, -0.15) is 0 Å². The van der Waals surface area contributed by atoms with Crippen LogP contribution in [0.15, 0.2) is 71.2 Å². The van der Waals surface area contributed by atoms with E-state index in [1.165, 1.54) is 9.80 Å². The number of carbonyl (C=O) groups is 3. The van der Waals surface area contributed by atoms with Crippen LogP contribution in [0.2, 0.25) is 0 Å². The molecule has 0 saturated carbocycles. The lowest BCUT2D eigenvalue weighted by molar-refractivity contribution is -0.143. The molecule has 4 rings (SSSR count). The van der Waals surface area contributed by atoms with Gasteiger partial charge in [-0.3, -0.25) is 14.4 Å². The van der Waals surface area contributed by atoms with E-state index >= 15 is 0 Å². The van der Waals surface area contributed by atoms with Gasteiger partial charge in [0.15, 0.2) is 5.54 Å². The largest absolute Gasteiger partial charge is 0.507 e. The maximum absolute atomic E-state index is 14.1. The number of aliphatic hydroxyl groups is 1. The molecule has 0 unspecified atom stereocenters. The van der Waals surface area contributed by atoms with Gasteiger partial charge in [-0.1, -0.05) is 52.3 Å². The first-order valence-electron chi connectivity index (χ1n) is 11.0. The molecule has 34 heavy (non-hydrogen) atoms. The second-order valence-electron chi connectivity index (χ2n) is 8.61. The zero-order valence-electron chi connectivity index (χ0n) is 19.1. The first-order valence-corrected chi connectivity index (χ1v) is 11.8. The molecule has 2 aromatic rings. The predicted octanol–water partition coefficient (Wildman–Crippen LogP) is 3.51. The van der Waals surface area contributed by atoms with Crippen molar-refractivity contribution in [2.45, 2.75) is 12.0 Å². The molecular weight excluding hydrogens is 498 g/mol. The number of rotatable bonds is 7. The fourth-order valence-corrected chi connectivity index (χ4v) is 5.04. The Bertz CT molecular complexity index is 1200. The van der Waals surface area contributed by atoms with Gasteiger partial charge in [-0.15, -0.1) is 6.58 Å². The van der Waals surface area contributed by atoms with Gasteiger partial charge in [0, 0.05) is 28.7 Å². The molecule has 2 aliphatic heterocycles. The van der Waals surface area contributed by atoms with E-state index in [1.807, 2.05) is 19.0 Å². The monoisotopic (exact) mass is 523 g/mol. The average Bonchev–Trinajstić information content (AvgIpc) is 3.18. The van der Waals surface area contributed by atoms with Crippen molar-refractivity contribution in [1.82, 2.24) is 9.80 Å². The summed E-state index contributed by atoms with van der Waals surface area (Å²) in [6, 6.07) is 13.8. The Kier molecular flexibility index (Phi) is 6.47. The number of carbonyl (C=O) groups excluding carboxylic acids is 3. The maximum Gasteiger partial charge on any atom is 0.296 e. The number of amides is 2. The van der Waals surface area contributed by atoms with Crippen LogP contribution in [0.1, 0.15) is 17.5 Å². The van der Waals surface area contributed by atoms with Crippen molar-refractivity contribution in [3.8, 4) is 0 Å². The Morgan fingerprint density at radius 1 is 1.12 bits per heavy atom. The highest BCUT2D eigenvalue weighted by atomic mass is 79.9. The van der Waals surface area contributed by atoms with Crippen molar-refractivity contribution in [3.05, 3.63) is 82.4 Å². The Balaban J connectivity index is 2.00. The third-order valence-corrected chi connectivity index (χ3v) is 6.75. The zero-order valence-corrected chi connectivity index (χ0v) is 20.7. The van der Waals surface area contributed by atoms with Crippen LogP contribution in [0, 0.1) is 0 Å². The molecule has 1 atom stereocenters. The SMILES string of the molecule is C=CCN1C(=O)[C@@]2(C(=C(O)c3ccc(Br)cc3)C(=O)C(=O)N2CCCN(C)C)c2ccccc21. The lowest BCUT2D eigenvalue weighted by Gasteiger charge is -2.34. The summed E-state index contributed by atoms with van der Waals surface area (Å²) in [6.45, 7) is 4.82. The lowest BCUT2D eigenvalue weighted by Crippen LogP contribution is -2.52. The van der Waals surface area contributed by atoms with Crippen LogP contribution in [0.25, 0.3) is 5.76 Å². The molecule has 1 N–H and O–H groups in total. The van der Waals surface area contributed by atoms with E-state index in [-0.39, 0.29) is 24.4 Å². The summed E-state index contributed by atoms with van der Waals surface area (Å²) >= 11 is 3.36. The third kappa shape index (κ3) is 3.58. The molecule has 0 radical (unpaired) electrons. The molecule has 8 heteroatoms. The number of nitrogens with zero attached hydrogens (tertiary/aromatic N) is 3. The molecule has 2 heterocycles. The number of ketones is 1. The second kappa shape index (κ2) is 9.19. The van der Waals surface area contributed by atoms with E-state index < -0.39 is 23.1 Å². The number of aliphatic hydroxyl groups excluding tert-OH is 1. The average molecular weight is 524 g/mol.